The Labute approximate surface area is 226 Å². The van der Waals surface area contributed by atoms with Crippen molar-refractivity contribution in [2.45, 2.75) is 26.1 Å². The molecule has 0 saturated carbocycles. The van der Waals surface area contributed by atoms with Crippen LogP contribution in [0.2, 0.25) is 0 Å². The molecule has 39 heavy (non-hydrogen) atoms. The van der Waals surface area contributed by atoms with E-state index in [9.17, 15) is 13.2 Å². The Morgan fingerprint density at radius 2 is 1.51 bits per heavy atom. The lowest BCUT2D eigenvalue weighted by Crippen LogP contribution is -2.48. The molecule has 3 aromatic carbocycles. The van der Waals surface area contributed by atoms with Crippen LogP contribution >= 0.6 is 0 Å². The van der Waals surface area contributed by atoms with Crippen LogP contribution in [0.5, 0.6) is 0 Å². The van der Waals surface area contributed by atoms with Gasteiger partial charge in [0, 0.05) is 32.7 Å². The summed E-state index contributed by atoms with van der Waals surface area (Å²) in [5.74, 6) is 0.588. The summed E-state index contributed by atoms with van der Waals surface area (Å²) in [7, 11) is 0. The highest BCUT2D eigenvalue weighted by Crippen LogP contribution is 2.34. The van der Waals surface area contributed by atoms with Gasteiger partial charge in [0.2, 0.25) is 0 Å². The fraction of sp³-hybridized carbons (Fsp3) is 0.300. The number of aryl methyl sites for hydroxylation is 2. The van der Waals surface area contributed by atoms with Gasteiger partial charge in [0.1, 0.15) is 0 Å². The molecule has 1 fully saturated rings. The Kier molecular flexibility index (Phi) is 7.90. The van der Waals surface area contributed by atoms with Gasteiger partial charge in [-0.2, -0.15) is 17.9 Å². The highest BCUT2D eigenvalue weighted by molar-refractivity contribution is 5.49. The number of hydrogen-bond donors (Lipinski definition) is 0. The van der Waals surface area contributed by atoms with Gasteiger partial charge in [-0.25, -0.2) is 0 Å². The van der Waals surface area contributed by atoms with E-state index in [-0.39, 0.29) is 0 Å². The summed E-state index contributed by atoms with van der Waals surface area (Å²) in [6.45, 7) is 7.93. The molecule has 4 aromatic rings. The van der Waals surface area contributed by atoms with Crippen LogP contribution in [0.1, 0.15) is 39.7 Å². The predicted octanol–water partition coefficient (Wildman–Crippen LogP) is 5.72. The molecule has 0 aliphatic carbocycles. The van der Waals surface area contributed by atoms with Crippen molar-refractivity contribution in [1.29, 1.82) is 0 Å². The summed E-state index contributed by atoms with van der Waals surface area (Å²) in [5, 5.41) is 12.7. The van der Waals surface area contributed by atoms with Crippen molar-refractivity contribution >= 4 is 6.08 Å². The Morgan fingerprint density at radius 1 is 0.846 bits per heavy atom. The van der Waals surface area contributed by atoms with Gasteiger partial charge in [-0.15, -0.1) is 5.10 Å². The van der Waals surface area contributed by atoms with Crippen molar-refractivity contribution < 1.29 is 13.2 Å². The van der Waals surface area contributed by atoms with Crippen molar-refractivity contribution in [3.63, 3.8) is 0 Å². The van der Waals surface area contributed by atoms with Gasteiger partial charge >= 0.3 is 6.18 Å². The summed E-state index contributed by atoms with van der Waals surface area (Å²) in [5.41, 5.74) is 4.14. The Hall–Kier alpha value is -3.82. The maximum Gasteiger partial charge on any atom is 0.416 e. The molecule has 0 spiro atoms. The fourth-order valence-corrected chi connectivity index (χ4v) is 5.15. The molecule has 0 radical (unpaired) electrons. The van der Waals surface area contributed by atoms with Crippen LogP contribution in [0.15, 0.2) is 78.9 Å². The largest absolute Gasteiger partial charge is 0.416 e. The first-order valence-corrected chi connectivity index (χ1v) is 13.0. The fourth-order valence-electron chi connectivity index (χ4n) is 5.15. The van der Waals surface area contributed by atoms with Gasteiger partial charge in [0.05, 0.1) is 17.3 Å². The molecule has 1 aliphatic rings. The highest BCUT2D eigenvalue weighted by Gasteiger charge is 2.34. The zero-order valence-electron chi connectivity index (χ0n) is 22.0. The van der Waals surface area contributed by atoms with E-state index < -0.39 is 17.8 Å². The lowest BCUT2D eigenvalue weighted by molar-refractivity contribution is -0.137. The van der Waals surface area contributed by atoms with E-state index in [1.807, 2.05) is 50.2 Å². The van der Waals surface area contributed by atoms with Crippen LogP contribution in [-0.4, -0.2) is 62.7 Å². The summed E-state index contributed by atoms with van der Waals surface area (Å²) < 4.78 is 41.7. The zero-order chi connectivity index (χ0) is 27.4. The van der Waals surface area contributed by atoms with Crippen molar-refractivity contribution in [2.24, 2.45) is 0 Å². The normalized spacial score (nSPS) is 16.1. The molecule has 1 saturated heterocycles. The van der Waals surface area contributed by atoms with Gasteiger partial charge in [-0.3, -0.25) is 9.80 Å². The number of para-hydroxylation sites is 1. The van der Waals surface area contributed by atoms with Crippen LogP contribution in [0, 0.1) is 13.8 Å². The first kappa shape index (κ1) is 26.8. The molecule has 1 aliphatic heterocycles. The lowest BCUT2D eigenvalue weighted by atomic mass is 10.0. The summed E-state index contributed by atoms with van der Waals surface area (Å²) in [6, 6.07) is 21.1. The maximum absolute atomic E-state index is 13.3. The molecule has 9 heteroatoms. The van der Waals surface area contributed by atoms with Crippen LogP contribution in [0.25, 0.3) is 11.8 Å². The molecule has 0 bridgehead atoms. The minimum Gasteiger partial charge on any atom is -0.297 e. The number of aromatic nitrogens is 4. The molecule has 6 nitrogen and oxygen atoms in total. The summed E-state index contributed by atoms with van der Waals surface area (Å²) in [6.07, 6.45) is -0.108. The molecule has 0 N–H and O–H groups in total. The maximum atomic E-state index is 13.3. The minimum absolute atomic E-state index is 0.400. The van der Waals surface area contributed by atoms with Crippen molar-refractivity contribution in [2.75, 3.05) is 32.7 Å². The number of benzene rings is 3. The molecule has 1 aromatic heterocycles. The first-order valence-electron chi connectivity index (χ1n) is 13.0. The monoisotopic (exact) mass is 532 g/mol. The van der Waals surface area contributed by atoms with E-state index >= 15 is 0 Å². The number of rotatable bonds is 7. The second-order valence-electron chi connectivity index (χ2n) is 9.86. The number of alkyl halides is 3. The second-order valence-corrected chi connectivity index (χ2v) is 9.86. The Morgan fingerprint density at radius 3 is 2.15 bits per heavy atom. The standard InChI is InChI=1S/C30H31F3N6/c1-22-8-6-9-23(2)27(22)39-29(34-35-36-39)28(25-13-15-26(16-14-25)30(31,32)33)38-20-18-37(19-21-38)17-7-12-24-10-4-3-5-11-24/h3-16,28H,17-21H2,1-2H3/b12-7+/t28-/m1/s1. The van der Waals surface area contributed by atoms with Crippen LogP contribution < -0.4 is 0 Å². The van der Waals surface area contributed by atoms with Gasteiger partial charge in [-0.1, -0.05) is 72.8 Å². The third-order valence-electron chi connectivity index (χ3n) is 7.19. The molecule has 0 unspecified atom stereocenters. The smallest absolute Gasteiger partial charge is 0.297 e. The van der Waals surface area contributed by atoms with Gasteiger partial charge < -0.3 is 0 Å². The van der Waals surface area contributed by atoms with Crippen LogP contribution in [-0.2, 0) is 6.18 Å². The minimum atomic E-state index is -4.40. The molecule has 1 atom stereocenters. The van der Waals surface area contributed by atoms with Crippen LogP contribution in [0.4, 0.5) is 13.2 Å². The Balaban J connectivity index is 1.42. The van der Waals surface area contributed by atoms with Crippen molar-refractivity contribution in [3.05, 3.63) is 113 Å². The van der Waals surface area contributed by atoms with Gasteiger partial charge in [0.15, 0.2) is 5.82 Å². The molecular formula is C30H31F3N6. The zero-order valence-corrected chi connectivity index (χ0v) is 22.0. The predicted molar refractivity (Wildman–Crippen MR) is 145 cm³/mol. The van der Waals surface area contributed by atoms with E-state index in [1.54, 1.807) is 16.8 Å². The third-order valence-corrected chi connectivity index (χ3v) is 7.19. The Bertz CT molecular complexity index is 1380. The van der Waals surface area contributed by atoms with Crippen LogP contribution in [0.3, 0.4) is 0 Å². The topological polar surface area (TPSA) is 50.1 Å². The molecule has 202 valence electrons. The number of hydrogen-bond acceptors (Lipinski definition) is 5. The van der Waals surface area contributed by atoms with Gasteiger partial charge in [-0.05, 0) is 58.7 Å². The lowest BCUT2D eigenvalue weighted by Gasteiger charge is -2.38. The van der Waals surface area contributed by atoms with E-state index in [0.717, 1.165) is 72.8 Å². The van der Waals surface area contributed by atoms with E-state index in [4.69, 9.17) is 0 Å². The average Bonchev–Trinajstić information content (AvgIpc) is 3.39. The number of piperazine rings is 1. The number of halogens is 3. The van der Waals surface area contributed by atoms with E-state index in [2.05, 4.69) is 49.6 Å². The molecular weight excluding hydrogens is 501 g/mol. The van der Waals surface area contributed by atoms with Crippen molar-refractivity contribution in [1.82, 2.24) is 30.0 Å². The van der Waals surface area contributed by atoms with E-state index in [0.29, 0.717) is 5.82 Å². The van der Waals surface area contributed by atoms with Crippen molar-refractivity contribution in [3.8, 4) is 5.69 Å². The average molecular weight is 533 g/mol. The number of nitrogens with zero attached hydrogens (tertiary/aromatic N) is 6. The first-order chi connectivity index (χ1) is 18.8. The van der Waals surface area contributed by atoms with E-state index in [1.165, 1.54) is 0 Å². The van der Waals surface area contributed by atoms with Gasteiger partial charge in [0.25, 0.3) is 0 Å². The quantitative estimate of drug-likeness (QED) is 0.305. The summed E-state index contributed by atoms with van der Waals surface area (Å²) in [4.78, 5) is 4.63. The number of tetrazole rings is 1. The summed E-state index contributed by atoms with van der Waals surface area (Å²) >= 11 is 0. The highest BCUT2D eigenvalue weighted by atomic mass is 19.4. The second kappa shape index (κ2) is 11.5. The molecule has 5 rings (SSSR count). The third kappa shape index (κ3) is 6.10. The SMILES string of the molecule is Cc1cccc(C)c1-n1nnnc1[C@@H](c1ccc(C(F)(F)F)cc1)N1CCN(C/C=C/c2ccccc2)CC1. The molecule has 2 heterocycles. The molecule has 0 amide bonds.